The highest BCUT2D eigenvalue weighted by atomic mass is 32.1. The number of ether oxygens (including phenoxy) is 1. The Bertz CT molecular complexity index is 946. The fraction of sp³-hybridized carbons (Fsp3) is 0.263. The molecule has 0 aliphatic carbocycles. The van der Waals surface area contributed by atoms with Gasteiger partial charge in [-0.15, -0.1) is 11.3 Å². The van der Waals surface area contributed by atoms with Crippen LogP contribution in [0, 0.1) is 0 Å². The number of halogens is 2. The number of alkyl halides is 2. The van der Waals surface area contributed by atoms with Crippen LogP contribution in [0.4, 0.5) is 14.5 Å². The second kappa shape index (κ2) is 7.97. The normalized spacial score (nSPS) is 16.5. The lowest BCUT2D eigenvalue weighted by atomic mass is 10.2. The molecule has 1 aliphatic rings. The van der Waals surface area contributed by atoms with Crippen molar-refractivity contribution in [3.05, 3.63) is 53.7 Å². The van der Waals surface area contributed by atoms with Crippen LogP contribution in [0.25, 0.3) is 10.8 Å². The molecule has 4 rings (SSSR count). The third-order valence-electron chi connectivity index (χ3n) is 4.41. The number of aromatic nitrogens is 1. The number of rotatable bonds is 6. The highest BCUT2D eigenvalue weighted by molar-refractivity contribution is 7.13. The topological polar surface area (TPSA) is 67.6 Å². The molecule has 0 saturated carbocycles. The smallest absolute Gasteiger partial charge is 0.387 e. The second-order valence-corrected chi connectivity index (χ2v) is 7.12. The first-order valence-corrected chi connectivity index (χ1v) is 9.57. The monoisotopic (exact) mass is 405 g/mol. The van der Waals surface area contributed by atoms with Crippen LogP contribution in [0.3, 0.4) is 0 Å². The molecule has 1 fully saturated rings. The minimum atomic E-state index is -2.88. The Balaban J connectivity index is 1.39. The number of nitrogens with zero attached hydrogens (tertiary/aromatic N) is 2. The van der Waals surface area contributed by atoms with Gasteiger partial charge in [0.05, 0.1) is 12.0 Å². The van der Waals surface area contributed by atoms with Gasteiger partial charge in [-0.3, -0.25) is 4.79 Å². The zero-order valence-corrected chi connectivity index (χ0v) is 15.5. The van der Waals surface area contributed by atoms with Crippen molar-refractivity contribution in [1.82, 2.24) is 10.3 Å². The minimum Gasteiger partial charge on any atom is -0.462 e. The van der Waals surface area contributed by atoms with Gasteiger partial charge in [0.1, 0.15) is 11.4 Å². The maximum atomic E-state index is 12.6. The maximum absolute atomic E-state index is 12.6. The molecule has 6 nitrogen and oxygen atoms in total. The number of carbonyl (C=O) groups excluding carboxylic acids is 1. The third kappa shape index (κ3) is 3.99. The fourth-order valence-corrected chi connectivity index (χ4v) is 3.93. The zero-order chi connectivity index (χ0) is 19.5. The number of anilines is 1. The Hall–Kier alpha value is -2.94. The van der Waals surface area contributed by atoms with Crippen LogP contribution >= 0.6 is 11.3 Å². The van der Waals surface area contributed by atoms with E-state index in [2.05, 4.69) is 15.0 Å². The van der Waals surface area contributed by atoms with Crippen LogP contribution < -0.4 is 15.0 Å². The number of thiazole rings is 1. The van der Waals surface area contributed by atoms with Crippen molar-refractivity contribution in [3.63, 3.8) is 0 Å². The predicted octanol–water partition coefficient (Wildman–Crippen LogP) is 4.01. The molecule has 1 atom stereocenters. The lowest BCUT2D eigenvalue weighted by molar-refractivity contribution is -0.0495. The Kier molecular flexibility index (Phi) is 5.25. The molecule has 1 saturated heterocycles. The summed E-state index contributed by atoms with van der Waals surface area (Å²) in [6.07, 6.45) is 2.25. The Labute approximate surface area is 163 Å². The van der Waals surface area contributed by atoms with Crippen LogP contribution in [-0.4, -0.2) is 36.6 Å². The lowest BCUT2D eigenvalue weighted by Gasteiger charge is -2.21. The molecular formula is C19H17F2N3O3S. The summed E-state index contributed by atoms with van der Waals surface area (Å²) < 4.78 is 35.1. The molecule has 2 aromatic heterocycles. The fourth-order valence-electron chi connectivity index (χ4n) is 3.16. The molecule has 3 heterocycles. The van der Waals surface area contributed by atoms with E-state index in [1.54, 1.807) is 42.0 Å². The molecule has 1 amide bonds. The van der Waals surface area contributed by atoms with Crippen LogP contribution in [0.1, 0.15) is 16.9 Å². The number of carbonyl (C=O) groups is 1. The van der Waals surface area contributed by atoms with Crippen LogP contribution in [0.2, 0.25) is 0 Å². The first kappa shape index (κ1) is 18.4. The third-order valence-corrected chi connectivity index (χ3v) is 5.27. The molecule has 0 radical (unpaired) electrons. The van der Waals surface area contributed by atoms with E-state index in [0.29, 0.717) is 41.7 Å². The average molecular weight is 405 g/mol. The molecular weight excluding hydrogens is 388 g/mol. The van der Waals surface area contributed by atoms with Crippen molar-refractivity contribution in [3.8, 4) is 16.5 Å². The van der Waals surface area contributed by atoms with Crippen molar-refractivity contribution in [1.29, 1.82) is 0 Å². The van der Waals surface area contributed by atoms with Crippen LogP contribution in [0.15, 0.2) is 52.5 Å². The number of hydrogen-bond acceptors (Lipinski definition) is 6. The van der Waals surface area contributed by atoms with Crippen molar-refractivity contribution in [2.75, 3.05) is 18.0 Å². The van der Waals surface area contributed by atoms with E-state index in [4.69, 9.17) is 4.42 Å². The number of amides is 1. The van der Waals surface area contributed by atoms with Gasteiger partial charge in [-0.1, -0.05) is 12.1 Å². The van der Waals surface area contributed by atoms with E-state index < -0.39 is 6.61 Å². The quantitative estimate of drug-likeness (QED) is 0.671. The van der Waals surface area contributed by atoms with Crippen molar-refractivity contribution in [2.24, 2.45) is 0 Å². The number of para-hydroxylation sites is 2. The van der Waals surface area contributed by atoms with Gasteiger partial charge >= 0.3 is 6.61 Å². The number of furan rings is 1. The molecule has 3 aromatic rings. The summed E-state index contributed by atoms with van der Waals surface area (Å²) in [4.78, 5) is 18.7. The van der Waals surface area contributed by atoms with E-state index >= 15 is 0 Å². The molecule has 1 aromatic carbocycles. The molecule has 28 heavy (non-hydrogen) atoms. The van der Waals surface area contributed by atoms with Crippen molar-refractivity contribution >= 4 is 22.9 Å². The number of benzene rings is 1. The molecule has 1 aliphatic heterocycles. The van der Waals surface area contributed by atoms with Gasteiger partial charge in [0.2, 0.25) is 0 Å². The lowest BCUT2D eigenvalue weighted by Crippen LogP contribution is -2.37. The van der Waals surface area contributed by atoms with Gasteiger partial charge in [0.25, 0.3) is 5.91 Å². The molecule has 146 valence electrons. The van der Waals surface area contributed by atoms with Crippen molar-refractivity contribution in [2.45, 2.75) is 19.1 Å². The van der Waals surface area contributed by atoms with Crippen molar-refractivity contribution < 1.29 is 22.7 Å². The SMILES string of the molecule is O=C(NC1CCN(c2ccccc2OC(F)F)C1)c1csc(-c2ccco2)n1. The van der Waals surface area contributed by atoms with Crippen LogP contribution in [0.5, 0.6) is 5.75 Å². The summed E-state index contributed by atoms with van der Waals surface area (Å²) in [5.74, 6) is 0.483. The zero-order valence-electron chi connectivity index (χ0n) is 14.7. The van der Waals surface area contributed by atoms with Gasteiger partial charge in [0, 0.05) is 24.5 Å². The minimum absolute atomic E-state index is 0.110. The van der Waals surface area contributed by atoms with Gasteiger partial charge < -0.3 is 19.4 Å². The Morgan fingerprint density at radius 1 is 1.32 bits per heavy atom. The summed E-state index contributed by atoms with van der Waals surface area (Å²) in [6, 6.07) is 10.1. The maximum Gasteiger partial charge on any atom is 0.387 e. The predicted molar refractivity (Wildman–Crippen MR) is 101 cm³/mol. The van der Waals surface area contributed by atoms with E-state index in [0.717, 1.165) is 0 Å². The Morgan fingerprint density at radius 3 is 2.96 bits per heavy atom. The number of hydrogen-bond donors (Lipinski definition) is 1. The Morgan fingerprint density at radius 2 is 2.18 bits per heavy atom. The summed E-state index contributed by atoms with van der Waals surface area (Å²) in [6.45, 7) is -1.75. The first-order valence-electron chi connectivity index (χ1n) is 8.69. The highest BCUT2D eigenvalue weighted by Gasteiger charge is 2.27. The number of nitrogens with one attached hydrogen (secondary N) is 1. The van der Waals surface area contributed by atoms with Gasteiger partial charge in [-0.05, 0) is 30.7 Å². The van der Waals surface area contributed by atoms with Gasteiger partial charge in [-0.25, -0.2) is 4.98 Å². The summed E-state index contributed by atoms with van der Waals surface area (Å²) in [5.41, 5.74) is 0.921. The van der Waals surface area contributed by atoms with Gasteiger partial charge in [0.15, 0.2) is 10.8 Å². The second-order valence-electron chi connectivity index (χ2n) is 6.27. The molecule has 9 heteroatoms. The average Bonchev–Trinajstić information content (AvgIpc) is 3.42. The van der Waals surface area contributed by atoms with Crippen LogP contribution in [-0.2, 0) is 0 Å². The molecule has 1 N–H and O–H groups in total. The highest BCUT2D eigenvalue weighted by Crippen LogP contribution is 2.32. The largest absolute Gasteiger partial charge is 0.462 e. The molecule has 0 spiro atoms. The van der Waals surface area contributed by atoms with E-state index in [1.165, 1.54) is 17.4 Å². The molecule has 0 bridgehead atoms. The molecule has 1 unspecified atom stereocenters. The van der Waals surface area contributed by atoms with E-state index in [-0.39, 0.29) is 17.7 Å². The van der Waals surface area contributed by atoms with E-state index in [9.17, 15) is 13.6 Å². The summed E-state index contributed by atoms with van der Waals surface area (Å²) >= 11 is 1.33. The summed E-state index contributed by atoms with van der Waals surface area (Å²) in [5, 5.41) is 5.28. The van der Waals surface area contributed by atoms with Gasteiger partial charge in [-0.2, -0.15) is 8.78 Å². The standard InChI is InChI=1S/C19H17F2N3O3S/c20-19(21)27-15-5-2-1-4-14(15)24-8-7-12(10-24)22-17(25)13-11-28-18(23-13)16-6-3-9-26-16/h1-6,9,11-12,19H,7-8,10H2,(H,22,25). The summed E-state index contributed by atoms with van der Waals surface area (Å²) in [7, 11) is 0. The first-order chi connectivity index (χ1) is 13.6. The van der Waals surface area contributed by atoms with E-state index in [1.807, 2.05) is 4.90 Å².